The lowest BCUT2D eigenvalue weighted by Gasteiger charge is -2.00. The van der Waals surface area contributed by atoms with Crippen LogP contribution in [0.3, 0.4) is 0 Å². The van der Waals surface area contributed by atoms with Crippen molar-refractivity contribution in [1.29, 1.82) is 0 Å². The van der Waals surface area contributed by atoms with Gasteiger partial charge in [0.2, 0.25) is 5.56 Å². The Kier molecular flexibility index (Phi) is 2.47. The lowest BCUT2D eigenvalue weighted by Crippen LogP contribution is -2.07. The normalized spacial score (nSPS) is 11.4. The average Bonchev–Trinajstić information content (AvgIpc) is 2.67. The number of hydrogen-bond acceptors (Lipinski definition) is 1. The van der Waals surface area contributed by atoms with Gasteiger partial charge < -0.3 is 9.97 Å². The molecule has 0 amide bonds. The van der Waals surface area contributed by atoms with Gasteiger partial charge in [0.05, 0.1) is 5.52 Å². The Morgan fingerprint density at radius 2 is 1.94 bits per heavy atom. The molecule has 0 spiro atoms. The van der Waals surface area contributed by atoms with E-state index in [9.17, 15) is 4.79 Å². The third-order valence-corrected chi connectivity index (χ3v) is 3.35. The number of nitrogens with one attached hydrogen (secondary N) is 2. The minimum atomic E-state index is -0.0209. The van der Waals surface area contributed by atoms with E-state index in [2.05, 4.69) is 42.0 Å². The number of rotatable bonds is 2. The second kappa shape index (κ2) is 4.02. The number of aromatic nitrogens is 2. The first-order valence-electron chi connectivity index (χ1n) is 6.33. The van der Waals surface area contributed by atoms with Crippen molar-refractivity contribution in [3.8, 4) is 0 Å². The van der Waals surface area contributed by atoms with Crippen LogP contribution >= 0.6 is 0 Å². The molecule has 0 aliphatic heterocycles. The molecule has 0 aliphatic carbocycles. The summed E-state index contributed by atoms with van der Waals surface area (Å²) in [6.45, 7) is 4.19. The maximum atomic E-state index is 11.7. The van der Waals surface area contributed by atoms with E-state index < -0.39 is 0 Å². The molecule has 3 nitrogen and oxygen atoms in total. The number of H-pyrrole nitrogens is 2. The lowest BCUT2D eigenvalue weighted by molar-refractivity contribution is 0.884. The molecule has 3 heteroatoms. The third kappa shape index (κ3) is 1.63. The van der Waals surface area contributed by atoms with E-state index in [0.717, 1.165) is 40.3 Å². The Balaban J connectivity index is 2.44. The molecule has 2 N–H and O–H groups in total. The zero-order valence-corrected chi connectivity index (χ0v) is 10.6. The Morgan fingerprint density at radius 1 is 1.11 bits per heavy atom. The molecule has 3 aromatic rings. The molecule has 0 aliphatic rings. The molecule has 0 saturated heterocycles. The van der Waals surface area contributed by atoms with Gasteiger partial charge in [-0.2, -0.15) is 0 Å². The van der Waals surface area contributed by atoms with Crippen LogP contribution in [0.4, 0.5) is 0 Å². The highest BCUT2D eigenvalue weighted by molar-refractivity contribution is 6.07. The highest BCUT2D eigenvalue weighted by Gasteiger charge is 2.09. The van der Waals surface area contributed by atoms with Crippen molar-refractivity contribution in [2.45, 2.75) is 26.7 Å². The van der Waals surface area contributed by atoms with E-state index >= 15 is 0 Å². The van der Waals surface area contributed by atoms with Crippen LogP contribution in [0.25, 0.3) is 21.8 Å². The highest BCUT2D eigenvalue weighted by Crippen LogP contribution is 2.26. The maximum absolute atomic E-state index is 11.7. The minimum absolute atomic E-state index is 0.0209. The van der Waals surface area contributed by atoms with Crippen molar-refractivity contribution in [1.82, 2.24) is 9.97 Å². The average molecular weight is 240 g/mol. The lowest BCUT2D eigenvalue weighted by atomic mass is 10.1. The number of hydrogen-bond donors (Lipinski definition) is 2. The molecular weight excluding hydrogens is 224 g/mol. The van der Waals surface area contributed by atoms with E-state index in [1.165, 1.54) is 5.56 Å². The molecule has 2 heterocycles. The zero-order valence-electron chi connectivity index (χ0n) is 10.6. The van der Waals surface area contributed by atoms with Gasteiger partial charge in [-0.05, 0) is 25.0 Å². The SMILES string of the molecule is CCCc1[nH]c(=O)cc2c1[nH]c1cc(C)ccc12. The van der Waals surface area contributed by atoms with Gasteiger partial charge in [-0.1, -0.05) is 25.5 Å². The van der Waals surface area contributed by atoms with Crippen molar-refractivity contribution < 1.29 is 0 Å². The zero-order chi connectivity index (χ0) is 12.7. The molecule has 1 aromatic carbocycles. The Bertz CT molecular complexity index is 780. The van der Waals surface area contributed by atoms with Gasteiger partial charge in [0.1, 0.15) is 0 Å². The molecule has 18 heavy (non-hydrogen) atoms. The predicted octanol–water partition coefficient (Wildman–Crippen LogP) is 3.27. The molecule has 0 bridgehead atoms. The van der Waals surface area contributed by atoms with Gasteiger partial charge in [-0.25, -0.2) is 0 Å². The van der Waals surface area contributed by atoms with Gasteiger partial charge in [-0.15, -0.1) is 0 Å². The van der Waals surface area contributed by atoms with Crippen molar-refractivity contribution in [3.63, 3.8) is 0 Å². The summed E-state index contributed by atoms with van der Waals surface area (Å²) in [7, 11) is 0. The van der Waals surface area contributed by atoms with Gasteiger partial charge in [0, 0.05) is 28.0 Å². The van der Waals surface area contributed by atoms with Crippen LogP contribution in [-0.2, 0) is 6.42 Å². The number of fused-ring (bicyclic) bond motifs is 3. The van der Waals surface area contributed by atoms with Crippen molar-refractivity contribution in [3.05, 3.63) is 45.9 Å². The van der Waals surface area contributed by atoms with E-state index in [0.29, 0.717) is 0 Å². The summed E-state index contributed by atoms with van der Waals surface area (Å²) < 4.78 is 0. The second-order valence-electron chi connectivity index (χ2n) is 4.82. The minimum Gasteiger partial charge on any atom is -0.353 e. The summed E-state index contributed by atoms with van der Waals surface area (Å²) in [6, 6.07) is 7.97. The van der Waals surface area contributed by atoms with E-state index in [-0.39, 0.29) is 5.56 Å². The fourth-order valence-corrected chi connectivity index (χ4v) is 2.54. The van der Waals surface area contributed by atoms with Crippen LogP contribution in [0.2, 0.25) is 0 Å². The number of aromatic amines is 2. The summed E-state index contributed by atoms with van der Waals surface area (Å²) in [5.41, 5.74) is 4.37. The van der Waals surface area contributed by atoms with E-state index in [1.807, 2.05) is 0 Å². The fraction of sp³-hybridized carbons (Fsp3) is 0.267. The van der Waals surface area contributed by atoms with Gasteiger partial charge in [0.15, 0.2) is 0 Å². The molecular formula is C15H16N2O. The standard InChI is InChI=1S/C15H16N2O/c1-3-4-12-15-11(8-14(18)16-12)10-6-5-9(2)7-13(10)17-15/h5-8,17H,3-4H2,1-2H3,(H,16,18). The quantitative estimate of drug-likeness (QED) is 0.709. The molecule has 0 saturated carbocycles. The first-order valence-corrected chi connectivity index (χ1v) is 6.33. The van der Waals surface area contributed by atoms with Crippen LogP contribution in [0.1, 0.15) is 24.6 Å². The molecule has 2 aromatic heterocycles. The summed E-state index contributed by atoms with van der Waals surface area (Å²) in [5.74, 6) is 0. The first kappa shape index (κ1) is 11.1. The Morgan fingerprint density at radius 3 is 2.72 bits per heavy atom. The largest absolute Gasteiger partial charge is 0.353 e. The monoisotopic (exact) mass is 240 g/mol. The molecule has 0 radical (unpaired) electrons. The third-order valence-electron chi connectivity index (χ3n) is 3.35. The summed E-state index contributed by atoms with van der Waals surface area (Å²) in [4.78, 5) is 18.1. The van der Waals surface area contributed by atoms with E-state index in [1.54, 1.807) is 6.07 Å². The summed E-state index contributed by atoms with van der Waals surface area (Å²) in [5, 5.41) is 2.15. The van der Waals surface area contributed by atoms with Crippen molar-refractivity contribution in [2.75, 3.05) is 0 Å². The van der Waals surface area contributed by atoms with Crippen LogP contribution in [0, 0.1) is 6.92 Å². The second-order valence-corrected chi connectivity index (χ2v) is 4.82. The molecule has 3 rings (SSSR count). The Hall–Kier alpha value is -2.03. The van der Waals surface area contributed by atoms with E-state index in [4.69, 9.17) is 0 Å². The Labute approximate surface area is 105 Å². The van der Waals surface area contributed by atoms with Crippen molar-refractivity contribution in [2.24, 2.45) is 0 Å². The first-order chi connectivity index (χ1) is 8.69. The van der Waals surface area contributed by atoms with Crippen LogP contribution < -0.4 is 5.56 Å². The van der Waals surface area contributed by atoms with Crippen LogP contribution in [0.15, 0.2) is 29.1 Å². The smallest absolute Gasteiger partial charge is 0.248 e. The van der Waals surface area contributed by atoms with Gasteiger partial charge in [-0.3, -0.25) is 4.79 Å². The highest BCUT2D eigenvalue weighted by atomic mass is 16.1. The molecule has 0 atom stereocenters. The van der Waals surface area contributed by atoms with Gasteiger partial charge >= 0.3 is 0 Å². The predicted molar refractivity (Wildman–Crippen MR) is 75.2 cm³/mol. The number of pyridine rings is 1. The number of aryl methyl sites for hydroxylation is 2. The fourth-order valence-electron chi connectivity index (χ4n) is 2.54. The number of benzene rings is 1. The molecule has 0 fully saturated rings. The molecule has 0 unspecified atom stereocenters. The van der Waals surface area contributed by atoms with Crippen LogP contribution in [-0.4, -0.2) is 9.97 Å². The van der Waals surface area contributed by atoms with Gasteiger partial charge in [0.25, 0.3) is 0 Å². The maximum Gasteiger partial charge on any atom is 0.248 e. The topological polar surface area (TPSA) is 48.6 Å². The van der Waals surface area contributed by atoms with Crippen molar-refractivity contribution >= 4 is 21.8 Å². The van der Waals surface area contributed by atoms with Crippen LogP contribution in [0.5, 0.6) is 0 Å². The summed E-state index contributed by atoms with van der Waals surface area (Å²) >= 11 is 0. The summed E-state index contributed by atoms with van der Waals surface area (Å²) in [6.07, 6.45) is 1.90. The molecule has 92 valence electrons.